The summed E-state index contributed by atoms with van der Waals surface area (Å²) in [5.41, 5.74) is 5.86. The number of nitrogens with one attached hydrogen (secondary N) is 1. The number of nitrogens with two attached hydrogens (primary N) is 1. The van der Waals surface area contributed by atoms with E-state index >= 15 is 0 Å². The lowest BCUT2D eigenvalue weighted by molar-refractivity contribution is -0.126. The molecule has 0 bridgehead atoms. The Morgan fingerprint density at radius 1 is 1.38 bits per heavy atom. The molecule has 2 rings (SSSR count). The third-order valence-corrected chi connectivity index (χ3v) is 5.76. The third kappa shape index (κ3) is 5.08. The molecule has 148 valence electrons. The van der Waals surface area contributed by atoms with E-state index in [4.69, 9.17) is 15.2 Å². The molecule has 1 amide bonds. The number of amides is 1. The zero-order valence-electron chi connectivity index (χ0n) is 15.1. The van der Waals surface area contributed by atoms with Crippen LogP contribution in [0.15, 0.2) is 23.1 Å². The van der Waals surface area contributed by atoms with Crippen molar-refractivity contribution in [3.8, 4) is 5.75 Å². The number of halogens is 1. The van der Waals surface area contributed by atoms with E-state index in [2.05, 4.69) is 5.32 Å². The number of anilines is 1. The van der Waals surface area contributed by atoms with Gasteiger partial charge in [0.05, 0.1) is 23.3 Å². The van der Waals surface area contributed by atoms with Gasteiger partial charge in [-0.1, -0.05) is 0 Å². The molecule has 10 heteroatoms. The van der Waals surface area contributed by atoms with E-state index in [1.807, 2.05) is 6.92 Å². The second kappa shape index (κ2) is 9.52. The van der Waals surface area contributed by atoms with Gasteiger partial charge in [0.1, 0.15) is 11.9 Å². The minimum atomic E-state index is -3.62. The quantitative estimate of drug-likeness (QED) is 0.702. The van der Waals surface area contributed by atoms with Crippen molar-refractivity contribution < 1.29 is 22.7 Å². The van der Waals surface area contributed by atoms with Crippen LogP contribution in [0.1, 0.15) is 19.8 Å². The van der Waals surface area contributed by atoms with Gasteiger partial charge in [0.15, 0.2) is 0 Å². The van der Waals surface area contributed by atoms with Gasteiger partial charge in [-0.05, 0) is 38.0 Å². The Labute approximate surface area is 160 Å². The fraction of sp³-hybridized carbons (Fsp3) is 0.562. The number of hydrogen-bond donors (Lipinski definition) is 2. The van der Waals surface area contributed by atoms with Crippen molar-refractivity contribution in [1.82, 2.24) is 4.31 Å². The fourth-order valence-electron chi connectivity index (χ4n) is 2.54. The molecule has 2 atom stereocenters. The van der Waals surface area contributed by atoms with Gasteiger partial charge in [0, 0.05) is 20.6 Å². The number of hydrogen-bond acceptors (Lipinski definition) is 6. The molecule has 1 saturated heterocycles. The van der Waals surface area contributed by atoms with Crippen LogP contribution in [0.5, 0.6) is 5.75 Å². The smallest absolute Gasteiger partial charge is 0.253 e. The van der Waals surface area contributed by atoms with Crippen LogP contribution in [0.4, 0.5) is 5.69 Å². The molecule has 0 aromatic heterocycles. The first kappa shape index (κ1) is 22.7. The summed E-state index contributed by atoms with van der Waals surface area (Å²) in [5.74, 6) is 0.0678. The summed E-state index contributed by atoms with van der Waals surface area (Å²) in [6.45, 7) is 2.56. The van der Waals surface area contributed by atoms with Crippen LogP contribution < -0.4 is 15.8 Å². The number of rotatable bonds is 7. The lowest BCUT2D eigenvalue weighted by atomic mass is 10.2. The topological polar surface area (TPSA) is 111 Å². The molecule has 1 fully saturated rings. The van der Waals surface area contributed by atoms with Crippen LogP contribution in [-0.4, -0.2) is 58.1 Å². The van der Waals surface area contributed by atoms with E-state index in [0.29, 0.717) is 31.0 Å². The molecule has 0 radical (unpaired) electrons. The van der Waals surface area contributed by atoms with Crippen LogP contribution in [0.2, 0.25) is 0 Å². The molecule has 1 aliphatic heterocycles. The Hall–Kier alpha value is -1.39. The normalized spacial score (nSPS) is 19.9. The van der Waals surface area contributed by atoms with E-state index in [0.717, 1.165) is 10.7 Å². The first-order valence-corrected chi connectivity index (χ1v) is 9.59. The molecule has 0 aliphatic carbocycles. The molecule has 1 aromatic carbocycles. The van der Waals surface area contributed by atoms with Crippen molar-refractivity contribution in [3.05, 3.63) is 18.2 Å². The van der Waals surface area contributed by atoms with E-state index < -0.39 is 16.1 Å². The highest BCUT2D eigenvalue weighted by Crippen LogP contribution is 2.30. The van der Waals surface area contributed by atoms with Crippen LogP contribution in [0, 0.1) is 0 Å². The first-order chi connectivity index (χ1) is 11.8. The summed E-state index contributed by atoms with van der Waals surface area (Å²) in [5, 5.41) is 2.72. The zero-order valence-corrected chi connectivity index (χ0v) is 16.7. The van der Waals surface area contributed by atoms with Crippen molar-refractivity contribution in [2.45, 2.75) is 36.9 Å². The predicted octanol–water partition coefficient (Wildman–Crippen LogP) is 1.20. The standard InChI is InChI=1S/C16H25N3O5S.ClH/c1-4-23-14-8-6-12(25(21,22)19(2)3)9-13(14)18-16(20)15-7-5-11(10-17)24-15;/h6,8-9,11,15H,4-5,7,10,17H2,1-3H3,(H,18,20);1H/t11-,15+;/m1./s1. The first-order valence-electron chi connectivity index (χ1n) is 8.15. The van der Waals surface area contributed by atoms with E-state index in [1.54, 1.807) is 0 Å². The number of nitrogens with zero attached hydrogens (tertiary/aromatic N) is 1. The summed E-state index contributed by atoms with van der Waals surface area (Å²) in [4.78, 5) is 12.5. The van der Waals surface area contributed by atoms with E-state index in [-0.39, 0.29) is 29.3 Å². The number of carbonyl (C=O) groups excluding carboxylic acids is 1. The lowest BCUT2D eigenvalue weighted by Gasteiger charge is -2.17. The van der Waals surface area contributed by atoms with Crippen LogP contribution in [-0.2, 0) is 19.6 Å². The Morgan fingerprint density at radius 3 is 2.62 bits per heavy atom. The number of ether oxygens (including phenoxy) is 2. The van der Waals surface area contributed by atoms with Crippen molar-refractivity contribution in [1.29, 1.82) is 0 Å². The van der Waals surface area contributed by atoms with Crippen molar-refractivity contribution >= 4 is 34.0 Å². The molecule has 8 nitrogen and oxygen atoms in total. The average molecular weight is 408 g/mol. The van der Waals surface area contributed by atoms with Gasteiger partial charge in [0.25, 0.3) is 5.91 Å². The molecule has 0 unspecified atom stereocenters. The highest BCUT2D eigenvalue weighted by atomic mass is 35.5. The summed E-state index contributed by atoms with van der Waals surface area (Å²) >= 11 is 0. The Morgan fingerprint density at radius 2 is 2.08 bits per heavy atom. The molecule has 0 spiro atoms. The molecule has 0 saturated carbocycles. The highest BCUT2D eigenvalue weighted by Gasteiger charge is 2.30. The summed E-state index contributed by atoms with van der Waals surface area (Å²) in [6, 6.07) is 4.38. The minimum absolute atomic E-state index is 0. The Bertz CT molecular complexity index is 727. The van der Waals surface area contributed by atoms with Gasteiger partial charge in [-0.2, -0.15) is 0 Å². The van der Waals surface area contributed by atoms with Gasteiger partial charge < -0.3 is 20.5 Å². The molecule has 26 heavy (non-hydrogen) atoms. The van der Waals surface area contributed by atoms with Gasteiger partial charge in [0.2, 0.25) is 10.0 Å². The molecule has 1 heterocycles. The van der Waals surface area contributed by atoms with Crippen molar-refractivity contribution in [2.75, 3.05) is 32.6 Å². The summed E-state index contributed by atoms with van der Waals surface area (Å²) in [6.07, 6.45) is 0.578. The maximum Gasteiger partial charge on any atom is 0.253 e. The van der Waals surface area contributed by atoms with Gasteiger partial charge in [-0.3, -0.25) is 4.79 Å². The Kier molecular flexibility index (Phi) is 8.29. The predicted molar refractivity (Wildman–Crippen MR) is 101 cm³/mol. The average Bonchev–Trinajstić information content (AvgIpc) is 3.05. The lowest BCUT2D eigenvalue weighted by Crippen LogP contribution is -2.30. The van der Waals surface area contributed by atoms with Crippen molar-refractivity contribution in [3.63, 3.8) is 0 Å². The zero-order chi connectivity index (χ0) is 18.6. The van der Waals surface area contributed by atoms with Crippen molar-refractivity contribution in [2.24, 2.45) is 5.73 Å². The van der Waals surface area contributed by atoms with Crippen LogP contribution >= 0.6 is 12.4 Å². The largest absolute Gasteiger partial charge is 0.492 e. The van der Waals surface area contributed by atoms with Gasteiger partial charge >= 0.3 is 0 Å². The number of sulfonamides is 1. The maximum absolute atomic E-state index is 12.4. The second-order valence-electron chi connectivity index (χ2n) is 5.93. The highest BCUT2D eigenvalue weighted by molar-refractivity contribution is 7.89. The van der Waals surface area contributed by atoms with Crippen LogP contribution in [0.25, 0.3) is 0 Å². The Balaban J connectivity index is 0.00000338. The van der Waals surface area contributed by atoms with Gasteiger partial charge in [-0.15, -0.1) is 12.4 Å². The fourth-order valence-corrected chi connectivity index (χ4v) is 3.47. The van der Waals surface area contributed by atoms with Crippen LogP contribution in [0.3, 0.4) is 0 Å². The van der Waals surface area contributed by atoms with E-state index in [1.165, 1.54) is 32.3 Å². The number of benzene rings is 1. The monoisotopic (exact) mass is 407 g/mol. The summed E-state index contributed by atoms with van der Waals surface area (Å²) in [7, 11) is -0.724. The molecule has 1 aliphatic rings. The molecular weight excluding hydrogens is 382 g/mol. The minimum Gasteiger partial charge on any atom is -0.492 e. The number of carbonyl (C=O) groups is 1. The molecular formula is C16H26ClN3O5S. The second-order valence-corrected chi connectivity index (χ2v) is 8.08. The molecule has 3 N–H and O–H groups in total. The summed E-state index contributed by atoms with van der Waals surface area (Å²) < 4.78 is 36.8. The maximum atomic E-state index is 12.4. The molecule has 1 aromatic rings. The van der Waals surface area contributed by atoms with Gasteiger partial charge in [-0.25, -0.2) is 12.7 Å². The van der Waals surface area contributed by atoms with E-state index in [9.17, 15) is 13.2 Å². The SMILES string of the molecule is CCOc1ccc(S(=O)(=O)N(C)C)cc1NC(=O)[C@@H]1CC[C@H](CN)O1.Cl. The third-order valence-electron chi connectivity index (χ3n) is 3.95.